The van der Waals surface area contributed by atoms with Crippen LogP contribution < -0.4 is 4.72 Å². The van der Waals surface area contributed by atoms with Crippen LogP contribution in [0.1, 0.15) is 26.7 Å². The Hall–Kier alpha value is -0.530. The van der Waals surface area contributed by atoms with Crippen LogP contribution in [0.3, 0.4) is 0 Å². The second-order valence-electron chi connectivity index (χ2n) is 3.62. The van der Waals surface area contributed by atoms with E-state index in [1.54, 1.807) is 13.8 Å². The number of hydrogen-bond acceptors (Lipinski definition) is 2. The molecule has 0 amide bonds. The van der Waals surface area contributed by atoms with Crippen molar-refractivity contribution in [1.29, 1.82) is 0 Å². The van der Waals surface area contributed by atoms with Gasteiger partial charge >= 0.3 is 0 Å². The van der Waals surface area contributed by atoms with Crippen molar-refractivity contribution in [3.8, 4) is 12.3 Å². The molecule has 1 saturated carbocycles. The summed E-state index contributed by atoms with van der Waals surface area (Å²) >= 11 is 0. The van der Waals surface area contributed by atoms with E-state index in [0.717, 1.165) is 12.8 Å². The summed E-state index contributed by atoms with van der Waals surface area (Å²) in [5.41, 5.74) is -0.762. The predicted octanol–water partition coefficient (Wildman–Crippen LogP) is 0.480. The third-order valence-electron chi connectivity index (χ3n) is 1.72. The van der Waals surface area contributed by atoms with Crippen molar-refractivity contribution < 1.29 is 8.42 Å². The first kappa shape index (κ1) is 9.56. The lowest BCUT2D eigenvalue weighted by Crippen LogP contribution is -2.43. The molecule has 12 heavy (non-hydrogen) atoms. The molecule has 0 aliphatic heterocycles. The van der Waals surface area contributed by atoms with Crippen LogP contribution in [0.5, 0.6) is 0 Å². The maximum atomic E-state index is 11.4. The molecule has 1 fully saturated rings. The summed E-state index contributed by atoms with van der Waals surface area (Å²) in [6.07, 6.45) is 6.68. The van der Waals surface area contributed by atoms with E-state index in [1.807, 2.05) is 0 Å². The van der Waals surface area contributed by atoms with Crippen molar-refractivity contribution in [3.05, 3.63) is 0 Å². The lowest BCUT2D eigenvalue weighted by atomic mass is 10.1. The molecule has 0 radical (unpaired) electrons. The summed E-state index contributed by atoms with van der Waals surface area (Å²) in [5, 5.41) is -0.204. The van der Waals surface area contributed by atoms with Gasteiger partial charge in [0.1, 0.15) is 0 Å². The number of hydrogen-bond donors (Lipinski definition) is 1. The topological polar surface area (TPSA) is 46.2 Å². The van der Waals surface area contributed by atoms with Gasteiger partial charge in [-0.15, -0.1) is 6.42 Å². The molecule has 0 unspecified atom stereocenters. The fraction of sp³-hybridized carbons (Fsp3) is 0.750. The minimum Gasteiger partial charge on any atom is -0.212 e. The Morgan fingerprint density at radius 3 is 2.33 bits per heavy atom. The van der Waals surface area contributed by atoms with Crippen LogP contribution in [-0.2, 0) is 10.0 Å². The summed E-state index contributed by atoms with van der Waals surface area (Å²) < 4.78 is 25.2. The maximum Gasteiger partial charge on any atom is 0.215 e. The van der Waals surface area contributed by atoms with Gasteiger partial charge in [-0.2, -0.15) is 4.72 Å². The first-order valence-corrected chi connectivity index (χ1v) is 5.42. The lowest BCUT2D eigenvalue weighted by molar-refractivity contribution is 0.538. The van der Waals surface area contributed by atoms with Gasteiger partial charge < -0.3 is 0 Å². The van der Waals surface area contributed by atoms with Gasteiger partial charge in [0.25, 0.3) is 0 Å². The highest BCUT2D eigenvalue weighted by Gasteiger charge is 2.38. The monoisotopic (exact) mass is 187 g/mol. The van der Waals surface area contributed by atoms with Crippen molar-refractivity contribution in [1.82, 2.24) is 4.72 Å². The maximum absolute atomic E-state index is 11.4. The van der Waals surface area contributed by atoms with Gasteiger partial charge in [-0.1, -0.05) is 5.92 Å². The highest BCUT2D eigenvalue weighted by atomic mass is 32.2. The second kappa shape index (κ2) is 2.75. The molecule has 4 heteroatoms. The smallest absolute Gasteiger partial charge is 0.212 e. The van der Waals surface area contributed by atoms with Crippen molar-refractivity contribution in [2.75, 3.05) is 0 Å². The zero-order chi connectivity index (χ0) is 9.41. The van der Waals surface area contributed by atoms with Crippen LogP contribution in [-0.4, -0.2) is 19.2 Å². The van der Waals surface area contributed by atoms with Crippen LogP contribution in [0.25, 0.3) is 0 Å². The van der Waals surface area contributed by atoms with Crippen LogP contribution in [0.4, 0.5) is 0 Å². The Kier molecular flexibility index (Phi) is 2.19. The standard InChI is InChI=1S/C8H13NO2S/c1-4-8(2,3)9-12(10,11)7-5-6-7/h1,7,9H,5-6H2,2-3H3. The van der Waals surface area contributed by atoms with E-state index in [9.17, 15) is 8.42 Å². The molecular formula is C8H13NO2S. The molecule has 0 heterocycles. The van der Waals surface area contributed by atoms with E-state index in [4.69, 9.17) is 6.42 Å². The average molecular weight is 187 g/mol. The van der Waals surface area contributed by atoms with Crippen LogP contribution in [0.2, 0.25) is 0 Å². The van der Waals surface area contributed by atoms with Gasteiger partial charge in [0.05, 0.1) is 10.8 Å². The van der Waals surface area contributed by atoms with E-state index in [2.05, 4.69) is 10.6 Å². The summed E-state index contributed by atoms with van der Waals surface area (Å²) in [7, 11) is -3.15. The predicted molar refractivity (Wildman–Crippen MR) is 48.0 cm³/mol. The molecule has 1 N–H and O–H groups in total. The molecule has 68 valence electrons. The molecule has 0 spiro atoms. The number of rotatable bonds is 3. The fourth-order valence-corrected chi connectivity index (χ4v) is 2.54. The third kappa shape index (κ3) is 2.23. The normalized spacial score (nSPS) is 18.8. The summed E-state index contributed by atoms with van der Waals surface area (Å²) in [6.45, 7) is 3.35. The van der Waals surface area contributed by atoms with Gasteiger partial charge in [-0.3, -0.25) is 0 Å². The van der Waals surface area contributed by atoms with Crippen molar-refractivity contribution in [2.24, 2.45) is 0 Å². The number of terminal acetylenes is 1. The zero-order valence-corrected chi connectivity index (χ0v) is 8.11. The Balaban J connectivity index is 2.69. The molecular weight excluding hydrogens is 174 g/mol. The van der Waals surface area contributed by atoms with Gasteiger partial charge in [0.15, 0.2) is 0 Å². The minimum absolute atomic E-state index is 0.204. The Morgan fingerprint density at radius 2 is 2.00 bits per heavy atom. The van der Waals surface area contributed by atoms with E-state index >= 15 is 0 Å². The van der Waals surface area contributed by atoms with Gasteiger partial charge in [0.2, 0.25) is 10.0 Å². The molecule has 1 aliphatic rings. The molecule has 0 atom stereocenters. The highest BCUT2D eigenvalue weighted by Crippen LogP contribution is 2.28. The first-order valence-electron chi connectivity index (χ1n) is 3.88. The van der Waals surface area contributed by atoms with E-state index in [-0.39, 0.29) is 5.25 Å². The minimum atomic E-state index is -3.15. The summed E-state index contributed by atoms with van der Waals surface area (Å²) in [5.74, 6) is 2.39. The summed E-state index contributed by atoms with van der Waals surface area (Å²) in [4.78, 5) is 0. The van der Waals surface area contributed by atoms with Crippen molar-refractivity contribution in [3.63, 3.8) is 0 Å². The number of nitrogens with one attached hydrogen (secondary N) is 1. The second-order valence-corrected chi connectivity index (χ2v) is 5.58. The summed E-state index contributed by atoms with van der Waals surface area (Å²) in [6, 6.07) is 0. The van der Waals surface area contributed by atoms with E-state index in [0.29, 0.717) is 0 Å². The molecule has 0 aromatic heterocycles. The first-order chi connectivity index (χ1) is 5.37. The van der Waals surface area contributed by atoms with E-state index < -0.39 is 15.6 Å². The Bertz CT molecular complexity index is 306. The molecule has 1 rings (SSSR count). The third-order valence-corrected chi connectivity index (χ3v) is 3.87. The molecule has 0 bridgehead atoms. The molecule has 3 nitrogen and oxygen atoms in total. The zero-order valence-electron chi connectivity index (χ0n) is 7.29. The van der Waals surface area contributed by atoms with Crippen LogP contribution >= 0.6 is 0 Å². The molecule has 0 saturated heterocycles. The van der Waals surface area contributed by atoms with Crippen LogP contribution in [0, 0.1) is 12.3 Å². The Labute approximate surface area is 73.6 Å². The van der Waals surface area contributed by atoms with Crippen molar-refractivity contribution in [2.45, 2.75) is 37.5 Å². The van der Waals surface area contributed by atoms with E-state index in [1.165, 1.54) is 0 Å². The fourth-order valence-electron chi connectivity index (χ4n) is 0.847. The lowest BCUT2D eigenvalue weighted by Gasteiger charge is -2.18. The SMILES string of the molecule is C#CC(C)(C)NS(=O)(=O)C1CC1. The largest absolute Gasteiger partial charge is 0.215 e. The van der Waals surface area contributed by atoms with Crippen molar-refractivity contribution >= 4 is 10.0 Å². The van der Waals surface area contributed by atoms with Gasteiger partial charge in [-0.05, 0) is 26.7 Å². The highest BCUT2D eigenvalue weighted by molar-refractivity contribution is 7.90. The Morgan fingerprint density at radius 1 is 1.50 bits per heavy atom. The molecule has 0 aromatic rings. The van der Waals surface area contributed by atoms with Gasteiger partial charge in [0, 0.05) is 0 Å². The molecule has 0 aromatic carbocycles. The average Bonchev–Trinajstić information content (AvgIpc) is 2.65. The quantitative estimate of drug-likeness (QED) is 0.653. The number of sulfonamides is 1. The molecule has 1 aliphatic carbocycles. The van der Waals surface area contributed by atoms with Crippen LogP contribution in [0.15, 0.2) is 0 Å². The van der Waals surface area contributed by atoms with Gasteiger partial charge in [-0.25, -0.2) is 8.42 Å².